The van der Waals surface area contributed by atoms with Crippen molar-refractivity contribution in [1.29, 1.82) is 0 Å². The molecule has 3 radical (unpaired) electrons. The summed E-state index contributed by atoms with van der Waals surface area (Å²) in [5.74, 6) is -0.686. The van der Waals surface area contributed by atoms with E-state index in [1.54, 1.807) is 4.81 Å². The van der Waals surface area contributed by atoms with E-state index in [2.05, 4.69) is 13.3 Å². The SMILES string of the molecule is [B]N1C(C)C(C)[CH]C2(C)OC3C(=O)N(C)C(=O)C3C12. The van der Waals surface area contributed by atoms with Crippen molar-refractivity contribution >= 4 is 19.8 Å². The van der Waals surface area contributed by atoms with Crippen molar-refractivity contribution in [1.82, 2.24) is 9.71 Å². The lowest BCUT2D eigenvalue weighted by Gasteiger charge is -2.50. The third kappa shape index (κ3) is 1.50. The number of nitrogens with zero attached hydrogens (tertiary/aromatic N) is 2. The summed E-state index contributed by atoms with van der Waals surface area (Å²) in [6, 6.07) is -0.153. The molecule has 0 spiro atoms. The first kappa shape index (κ1) is 13.1. The topological polar surface area (TPSA) is 49.9 Å². The number of ether oxygens (including phenoxy) is 1. The largest absolute Gasteiger partial charge is 0.359 e. The number of imide groups is 1. The maximum Gasteiger partial charge on any atom is 0.258 e. The van der Waals surface area contributed by atoms with Crippen LogP contribution in [-0.2, 0) is 14.3 Å². The Hall–Kier alpha value is -0.875. The molecule has 0 aliphatic carbocycles. The van der Waals surface area contributed by atoms with Crippen LogP contribution in [0.15, 0.2) is 0 Å². The first-order valence-electron chi connectivity index (χ1n) is 6.66. The first-order valence-corrected chi connectivity index (χ1v) is 6.66. The fraction of sp³-hybridized carbons (Fsp3) is 0.769. The van der Waals surface area contributed by atoms with Gasteiger partial charge in [-0.25, -0.2) is 0 Å². The van der Waals surface area contributed by atoms with Gasteiger partial charge in [-0.2, -0.15) is 0 Å². The summed E-state index contributed by atoms with van der Waals surface area (Å²) in [5, 5.41) is 0. The molecule has 3 rings (SSSR count). The van der Waals surface area contributed by atoms with Gasteiger partial charge in [-0.3, -0.25) is 14.5 Å². The predicted octanol–water partition coefficient (Wildman–Crippen LogP) is -0.245. The molecule has 6 atom stereocenters. The van der Waals surface area contributed by atoms with E-state index in [1.807, 2.05) is 13.8 Å². The van der Waals surface area contributed by atoms with E-state index in [1.165, 1.54) is 7.05 Å². The van der Waals surface area contributed by atoms with Gasteiger partial charge in [0.1, 0.15) is 0 Å². The van der Waals surface area contributed by atoms with Crippen LogP contribution in [0.3, 0.4) is 0 Å². The highest BCUT2D eigenvalue weighted by atomic mass is 16.5. The number of carbonyl (C=O) groups is 2. The third-order valence-electron chi connectivity index (χ3n) is 4.97. The van der Waals surface area contributed by atoms with E-state index in [9.17, 15) is 9.59 Å². The summed E-state index contributed by atoms with van der Waals surface area (Å²) in [6.07, 6.45) is 1.40. The third-order valence-corrected chi connectivity index (χ3v) is 4.97. The number of amides is 2. The molecule has 5 nitrogen and oxygen atoms in total. The first-order chi connectivity index (χ1) is 8.78. The minimum absolute atomic E-state index is 0.120. The van der Waals surface area contributed by atoms with Crippen molar-refractivity contribution < 1.29 is 14.3 Å². The summed E-state index contributed by atoms with van der Waals surface area (Å²) in [7, 11) is 7.70. The van der Waals surface area contributed by atoms with Crippen LogP contribution < -0.4 is 0 Å². The summed E-state index contributed by atoms with van der Waals surface area (Å²) in [6.45, 7) is 6.01. The highest BCUT2D eigenvalue weighted by molar-refractivity contribution is 6.09. The number of piperidine rings is 1. The normalized spacial score (nSPS) is 50.5. The zero-order valence-corrected chi connectivity index (χ0v) is 11.7. The van der Waals surface area contributed by atoms with E-state index in [4.69, 9.17) is 12.7 Å². The number of carbonyl (C=O) groups excluding carboxylic acids is 2. The second kappa shape index (κ2) is 3.82. The molecule has 0 aromatic carbocycles. The number of likely N-dealkylation sites (N-methyl/N-ethyl adjacent to an activating group) is 1. The Labute approximate surface area is 114 Å². The Morgan fingerprint density at radius 2 is 1.95 bits per heavy atom. The Bertz CT molecular complexity index is 457. The molecule has 2 amide bonds. The second-order valence-electron chi connectivity index (χ2n) is 6.14. The van der Waals surface area contributed by atoms with Gasteiger partial charge < -0.3 is 9.55 Å². The van der Waals surface area contributed by atoms with Gasteiger partial charge >= 0.3 is 0 Å². The van der Waals surface area contributed by atoms with Crippen molar-refractivity contribution in [3.8, 4) is 0 Å². The average molecular weight is 261 g/mol. The van der Waals surface area contributed by atoms with Crippen LogP contribution in [0.25, 0.3) is 0 Å². The highest BCUT2D eigenvalue weighted by Crippen LogP contribution is 2.49. The zero-order valence-electron chi connectivity index (χ0n) is 11.7. The minimum atomic E-state index is -0.688. The zero-order chi connectivity index (χ0) is 14.1. The molecule has 101 valence electrons. The lowest BCUT2D eigenvalue weighted by Crippen LogP contribution is -2.61. The van der Waals surface area contributed by atoms with Gasteiger partial charge in [0, 0.05) is 13.1 Å². The van der Waals surface area contributed by atoms with E-state index in [-0.39, 0.29) is 29.8 Å². The lowest BCUT2D eigenvalue weighted by molar-refractivity contribution is -0.146. The van der Waals surface area contributed by atoms with E-state index in [0.29, 0.717) is 0 Å². The van der Waals surface area contributed by atoms with Gasteiger partial charge in [-0.05, 0) is 25.3 Å². The number of likely N-dealkylation sites (tertiary alicyclic amines) is 1. The molecule has 3 aliphatic rings. The van der Waals surface area contributed by atoms with Crippen LogP contribution in [0.2, 0.25) is 0 Å². The number of rotatable bonds is 0. The Morgan fingerprint density at radius 1 is 1.32 bits per heavy atom. The smallest absolute Gasteiger partial charge is 0.258 e. The molecule has 0 aromatic rings. The van der Waals surface area contributed by atoms with Crippen LogP contribution in [0, 0.1) is 18.3 Å². The monoisotopic (exact) mass is 261 g/mol. The van der Waals surface area contributed by atoms with Gasteiger partial charge in [0.25, 0.3) is 5.91 Å². The summed E-state index contributed by atoms with van der Waals surface area (Å²) >= 11 is 0. The van der Waals surface area contributed by atoms with Crippen LogP contribution in [0.4, 0.5) is 0 Å². The van der Waals surface area contributed by atoms with Crippen molar-refractivity contribution in [2.24, 2.45) is 11.8 Å². The van der Waals surface area contributed by atoms with E-state index >= 15 is 0 Å². The molecule has 6 unspecified atom stereocenters. The number of hydrogen-bond acceptors (Lipinski definition) is 4. The van der Waals surface area contributed by atoms with Crippen molar-refractivity contribution in [2.45, 2.75) is 44.6 Å². The van der Waals surface area contributed by atoms with Crippen LogP contribution >= 0.6 is 0 Å². The molecule has 3 fully saturated rings. The molecule has 0 saturated carbocycles. The lowest BCUT2D eigenvalue weighted by atomic mass is 9.72. The van der Waals surface area contributed by atoms with Crippen LogP contribution in [-0.4, -0.2) is 60.3 Å². The molecule has 3 heterocycles. The van der Waals surface area contributed by atoms with Gasteiger partial charge in [0.05, 0.1) is 11.5 Å². The standard InChI is InChI=1S/C13H18BN2O3/c1-6-5-13(3)10(16(14)7(6)2)8-9(19-13)12(18)15(4)11(8)17/h5-10H,1-4H3. The van der Waals surface area contributed by atoms with E-state index in [0.717, 1.165) is 4.90 Å². The Morgan fingerprint density at radius 3 is 2.58 bits per heavy atom. The molecule has 0 N–H and O–H groups in total. The molecular weight excluding hydrogens is 243 g/mol. The minimum Gasteiger partial charge on any atom is -0.359 e. The maximum atomic E-state index is 12.3. The number of hydrogen-bond donors (Lipinski definition) is 0. The average Bonchev–Trinajstić information content (AvgIpc) is 2.75. The summed E-state index contributed by atoms with van der Waals surface area (Å²) in [4.78, 5) is 27.2. The van der Waals surface area contributed by atoms with Crippen molar-refractivity contribution in [3.05, 3.63) is 6.42 Å². The fourth-order valence-corrected chi connectivity index (χ4v) is 3.74. The Kier molecular flexibility index (Phi) is 2.64. The maximum absolute atomic E-state index is 12.3. The summed E-state index contributed by atoms with van der Waals surface area (Å²) in [5.41, 5.74) is -0.636. The van der Waals surface area contributed by atoms with Crippen LogP contribution in [0.1, 0.15) is 20.8 Å². The molecule has 3 aliphatic heterocycles. The molecule has 3 saturated heterocycles. The Balaban J connectivity index is 2.02. The van der Waals surface area contributed by atoms with Gasteiger partial charge in [-0.15, -0.1) is 0 Å². The molecular formula is C13H18BN2O3. The van der Waals surface area contributed by atoms with Gasteiger partial charge in [0.2, 0.25) is 5.91 Å². The molecule has 0 bridgehead atoms. The number of fused-ring (bicyclic) bond motifs is 3. The van der Waals surface area contributed by atoms with E-state index < -0.39 is 17.6 Å². The fourth-order valence-electron chi connectivity index (χ4n) is 3.74. The van der Waals surface area contributed by atoms with Gasteiger partial charge in [-0.1, -0.05) is 13.8 Å². The quantitative estimate of drug-likeness (QED) is 0.446. The van der Waals surface area contributed by atoms with Gasteiger partial charge in [0.15, 0.2) is 14.1 Å². The molecule has 0 aromatic heterocycles. The van der Waals surface area contributed by atoms with Crippen LogP contribution in [0.5, 0.6) is 0 Å². The second-order valence-corrected chi connectivity index (χ2v) is 6.14. The summed E-state index contributed by atoms with van der Waals surface area (Å²) < 4.78 is 5.93. The van der Waals surface area contributed by atoms with Crippen molar-refractivity contribution in [3.63, 3.8) is 0 Å². The predicted molar refractivity (Wildman–Crippen MR) is 68.9 cm³/mol. The highest BCUT2D eigenvalue weighted by Gasteiger charge is 2.65. The molecule has 19 heavy (non-hydrogen) atoms. The molecule has 6 heteroatoms. The van der Waals surface area contributed by atoms with Crippen molar-refractivity contribution in [2.75, 3.05) is 7.05 Å².